The van der Waals surface area contributed by atoms with Crippen LogP contribution in [0.2, 0.25) is 0 Å². The first-order valence-corrected chi connectivity index (χ1v) is 3.92. The second-order valence-corrected chi connectivity index (χ2v) is 3.87. The molecule has 1 heterocycles. The van der Waals surface area contributed by atoms with Crippen LogP contribution in [0.5, 0.6) is 0 Å². The normalized spacial score (nSPS) is 23.5. The van der Waals surface area contributed by atoms with Crippen molar-refractivity contribution in [3.05, 3.63) is 0 Å². The highest BCUT2D eigenvalue weighted by Crippen LogP contribution is 2.26. The summed E-state index contributed by atoms with van der Waals surface area (Å²) in [5.41, 5.74) is -0.195. The number of rotatable bonds is 0. The number of carbonyl (C=O) groups is 1. The van der Waals surface area contributed by atoms with Gasteiger partial charge in [0.25, 0.3) is 11.9 Å². The predicted molar refractivity (Wildman–Crippen MR) is 45.8 cm³/mol. The maximum atomic E-state index is 11.2. The first-order chi connectivity index (χ1) is 5.45. The summed E-state index contributed by atoms with van der Waals surface area (Å²) in [6.07, 6.45) is -0.444. The topological polar surface area (TPSA) is 50.7 Å². The number of ether oxygens (including phenoxy) is 1. The molecule has 1 unspecified atom stereocenters. The Morgan fingerprint density at radius 3 is 2.33 bits per heavy atom. The summed E-state index contributed by atoms with van der Waals surface area (Å²) >= 11 is 0. The molecular formula is C8H14N2O2. The van der Waals surface area contributed by atoms with Gasteiger partial charge in [-0.3, -0.25) is 4.79 Å². The third-order valence-corrected chi connectivity index (χ3v) is 1.67. The zero-order chi connectivity index (χ0) is 9.35. The fraction of sp³-hybridized carbons (Fsp3) is 0.750. The lowest BCUT2D eigenvalue weighted by Gasteiger charge is -2.23. The van der Waals surface area contributed by atoms with Crippen LogP contribution in [0.4, 0.5) is 0 Å². The summed E-state index contributed by atoms with van der Waals surface area (Å²) in [7, 11) is 1.68. The standard InChI is InChI=1S/C8H14N2O2/c1-8(2,3)5-6(11)10-7(9-4)12-5/h5H,1-4H3,(H,9,10,11). The lowest BCUT2D eigenvalue weighted by atomic mass is 9.89. The van der Waals surface area contributed by atoms with E-state index >= 15 is 0 Å². The van der Waals surface area contributed by atoms with Crippen molar-refractivity contribution in [1.29, 1.82) is 0 Å². The quantitative estimate of drug-likeness (QED) is 0.577. The molecule has 1 aliphatic heterocycles. The highest BCUT2D eigenvalue weighted by atomic mass is 16.5. The summed E-state index contributed by atoms with van der Waals surface area (Å²) in [6, 6.07) is 0.319. The molecule has 0 spiro atoms. The summed E-state index contributed by atoms with van der Waals surface area (Å²) < 4.78 is 5.28. The minimum absolute atomic E-state index is 0.195. The van der Waals surface area contributed by atoms with Crippen molar-refractivity contribution in [2.24, 2.45) is 10.4 Å². The molecular weight excluding hydrogens is 156 g/mol. The van der Waals surface area contributed by atoms with E-state index in [4.69, 9.17) is 4.74 Å². The predicted octanol–water partition coefficient (Wildman–Crippen LogP) is 0.533. The van der Waals surface area contributed by atoms with Crippen LogP contribution in [0.1, 0.15) is 20.8 Å². The second-order valence-electron chi connectivity index (χ2n) is 3.87. The van der Waals surface area contributed by atoms with E-state index in [2.05, 4.69) is 10.3 Å². The number of hydrogen-bond acceptors (Lipinski definition) is 3. The smallest absolute Gasteiger partial charge is 0.293 e. The summed E-state index contributed by atoms with van der Waals surface area (Å²) in [5, 5.41) is 2.70. The van der Waals surface area contributed by atoms with E-state index in [1.54, 1.807) is 7.05 Å². The van der Waals surface area contributed by atoms with Crippen LogP contribution in [-0.4, -0.2) is 25.1 Å². The number of carbonyl (C=O) groups excluding carboxylic acids is 1. The second kappa shape index (κ2) is 2.77. The summed E-state index contributed by atoms with van der Waals surface area (Å²) in [5.74, 6) is -0.202. The number of nitrogens with zero attached hydrogens (tertiary/aromatic N) is 1. The molecule has 68 valence electrons. The van der Waals surface area contributed by atoms with Crippen LogP contribution in [0.15, 0.2) is 4.99 Å². The van der Waals surface area contributed by atoms with Gasteiger partial charge in [0.1, 0.15) is 0 Å². The van der Waals surface area contributed by atoms with Crippen molar-refractivity contribution in [2.45, 2.75) is 26.9 Å². The largest absolute Gasteiger partial charge is 0.451 e. The monoisotopic (exact) mass is 170 g/mol. The van der Waals surface area contributed by atoms with Crippen LogP contribution < -0.4 is 5.32 Å². The van der Waals surface area contributed by atoms with Crippen molar-refractivity contribution in [1.82, 2.24) is 5.32 Å². The van der Waals surface area contributed by atoms with Gasteiger partial charge < -0.3 is 10.1 Å². The summed E-state index contributed by atoms with van der Waals surface area (Å²) in [4.78, 5) is 14.9. The van der Waals surface area contributed by atoms with Gasteiger partial charge >= 0.3 is 0 Å². The zero-order valence-electron chi connectivity index (χ0n) is 7.84. The van der Waals surface area contributed by atoms with E-state index in [9.17, 15) is 4.79 Å². The molecule has 0 radical (unpaired) electrons. The molecule has 4 nitrogen and oxygen atoms in total. The van der Waals surface area contributed by atoms with Gasteiger partial charge in [0.15, 0.2) is 6.10 Å². The third kappa shape index (κ3) is 1.57. The molecule has 1 rings (SSSR count). The Morgan fingerprint density at radius 1 is 1.50 bits per heavy atom. The lowest BCUT2D eigenvalue weighted by Crippen LogP contribution is -2.34. The van der Waals surface area contributed by atoms with Crippen molar-refractivity contribution < 1.29 is 9.53 Å². The number of nitrogens with one attached hydrogen (secondary N) is 1. The molecule has 0 fully saturated rings. The number of aliphatic imine (C=N–C) groups is 1. The van der Waals surface area contributed by atoms with E-state index in [0.29, 0.717) is 6.02 Å². The maximum Gasteiger partial charge on any atom is 0.293 e. The molecule has 0 bridgehead atoms. The molecule has 1 aliphatic rings. The maximum absolute atomic E-state index is 11.2. The van der Waals surface area contributed by atoms with Gasteiger partial charge in [-0.1, -0.05) is 20.8 Å². The molecule has 0 saturated carbocycles. The minimum Gasteiger partial charge on any atom is -0.451 e. The Bertz CT molecular complexity index is 228. The van der Waals surface area contributed by atoms with Gasteiger partial charge in [-0.2, -0.15) is 4.99 Å². The van der Waals surface area contributed by atoms with Gasteiger partial charge in [0.2, 0.25) is 0 Å². The highest BCUT2D eigenvalue weighted by molar-refractivity contribution is 5.98. The molecule has 4 heteroatoms. The van der Waals surface area contributed by atoms with E-state index in [1.165, 1.54) is 0 Å². The fourth-order valence-corrected chi connectivity index (χ4v) is 1.01. The van der Waals surface area contributed by atoms with Gasteiger partial charge in [-0.15, -0.1) is 0 Å². The fourth-order valence-electron chi connectivity index (χ4n) is 1.01. The third-order valence-electron chi connectivity index (χ3n) is 1.67. The zero-order valence-corrected chi connectivity index (χ0v) is 7.84. The van der Waals surface area contributed by atoms with E-state index in [1.807, 2.05) is 20.8 Å². The van der Waals surface area contributed by atoms with E-state index in [-0.39, 0.29) is 11.3 Å². The van der Waals surface area contributed by atoms with Crippen molar-refractivity contribution in [3.8, 4) is 0 Å². The molecule has 1 N–H and O–H groups in total. The van der Waals surface area contributed by atoms with Gasteiger partial charge in [-0.05, 0) is 0 Å². The van der Waals surface area contributed by atoms with E-state index < -0.39 is 6.10 Å². The molecule has 0 aromatic heterocycles. The molecule has 1 amide bonds. The molecule has 0 aromatic rings. The Labute approximate surface area is 72.0 Å². The average Bonchev–Trinajstić information content (AvgIpc) is 2.29. The summed E-state index contributed by atoms with van der Waals surface area (Å²) in [6.45, 7) is 5.84. The minimum atomic E-state index is -0.444. The lowest BCUT2D eigenvalue weighted by molar-refractivity contribution is -0.126. The molecule has 0 saturated heterocycles. The Kier molecular flexibility index (Phi) is 2.08. The number of amidine groups is 1. The van der Waals surface area contributed by atoms with Gasteiger partial charge in [0.05, 0.1) is 0 Å². The number of amides is 1. The van der Waals surface area contributed by atoms with Crippen LogP contribution in [0.25, 0.3) is 0 Å². The van der Waals surface area contributed by atoms with Crippen LogP contribution in [0, 0.1) is 5.41 Å². The highest BCUT2D eigenvalue weighted by Gasteiger charge is 2.38. The van der Waals surface area contributed by atoms with Gasteiger partial charge in [-0.25, -0.2) is 0 Å². The first-order valence-electron chi connectivity index (χ1n) is 3.92. The Hall–Kier alpha value is -1.06. The van der Waals surface area contributed by atoms with Crippen molar-refractivity contribution in [3.63, 3.8) is 0 Å². The van der Waals surface area contributed by atoms with Crippen LogP contribution >= 0.6 is 0 Å². The molecule has 12 heavy (non-hydrogen) atoms. The molecule has 0 aromatic carbocycles. The Morgan fingerprint density at radius 2 is 2.08 bits per heavy atom. The SMILES string of the molecule is CNC1=NC(=O)C(C(C)(C)C)O1. The first kappa shape index (κ1) is 9.03. The number of hydrogen-bond donors (Lipinski definition) is 1. The van der Waals surface area contributed by atoms with Crippen molar-refractivity contribution in [2.75, 3.05) is 7.05 Å². The molecule has 0 aliphatic carbocycles. The van der Waals surface area contributed by atoms with Crippen LogP contribution in [-0.2, 0) is 9.53 Å². The van der Waals surface area contributed by atoms with Gasteiger partial charge in [0, 0.05) is 12.5 Å². The Balaban J connectivity index is 2.72. The molecule has 1 atom stereocenters. The van der Waals surface area contributed by atoms with Crippen LogP contribution in [0.3, 0.4) is 0 Å². The average molecular weight is 170 g/mol. The van der Waals surface area contributed by atoms with E-state index in [0.717, 1.165) is 0 Å². The van der Waals surface area contributed by atoms with Crippen molar-refractivity contribution >= 4 is 11.9 Å².